The molecule has 0 amide bonds. The molecule has 1 rings (SSSR count). The van der Waals surface area contributed by atoms with Gasteiger partial charge in [0.25, 0.3) is 5.56 Å². The molecule has 0 aliphatic rings. The van der Waals surface area contributed by atoms with Crippen molar-refractivity contribution in [3.8, 4) is 0 Å². The molecular formula is C7H12I2N3O+. The molecule has 1 heterocycles. The minimum Gasteiger partial charge on any atom is -0.302 e. The van der Waals surface area contributed by atoms with E-state index in [1.165, 1.54) is 4.68 Å². The molecule has 0 bridgehead atoms. The fourth-order valence-corrected chi connectivity index (χ4v) is 0.851. The van der Waals surface area contributed by atoms with Crippen LogP contribution in [0.3, 0.4) is 0 Å². The van der Waals surface area contributed by atoms with E-state index in [-0.39, 0.29) is 5.56 Å². The van der Waals surface area contributed by atoms with E-state index in [0.717, 1.165) is 0 Å². The first-order valence-corrected chi connectivity index (χ1v) is 9.80. The number of aryl methyl sites for hydroxylation is 1. The van der Waals surface area contributed by atoms with E-state index in [0.29, 0.717) is 5.56 Å². The van der Waals surface area contributed by atoms with Gasteiger partial charge in [-0.1, -0.05) is 0 Å². The summed E-state index contributed by atoms with van der Waals surface area (Å²) in [5, 5.41) is 2.79. The zero-order chi connectivity index (χ0) is 10.4. The van der Waals surface area contributed by atoms with Crippen LogP contribution in [-0.4, -0.2) is 34.7 Å². The van der Waals surface area contributed by atoms with Crippen LogP contribution in [-0.2, 0) is 7.05 Å². The van der Waals surface area contributed by atoms with Crippen LogP contribution in [0.1, 0.15) is 5.56 Å². The Hall–Kier alpha value is 0.140. The number of H-pyrrole nitrogens is 1. The summed E-state index contributed by atoms with van der Waals surface area (Å²) in [4.78, 5) is 11.2. The van der Waals surface area contributed by atoms with Gasteiger partial charge in [0.1, 0.15) is 19.7 Å². The summed E-state index contributed by atoms with van der Waals surface area (Å²) in [6.07, 6.45) is 3.46. The summed E-state index contributed by atoms with van der Waals surface area (Å²) in [6, 6.07) is 0. The van der Waals surface area contributed by atoms with E-state index in [4.69, 9.17) is 0 Å². The standard InChI is InChI=1S/C7H11N3O.I2/c1-9(2)5-6-4-8-10(3)7(6)11;1-2/h4-5H,1-3H3;/p+1. The average Bonchev–Trinajstić information content (AvgIpc) is 2.39. The Kier molecular flexibility index (Phi) is 6.64. The first kappa shape index (κ1) is 13.1. The number of hydrogen-bond acceptors (Lipinski definition) is 1. The van der Waals surface area contributed by atoms with E-state index >= 15 is 0 Å². The maximum atomic E-state index is 11.2. The fraction of sp³-hybridized carbons (Fsp3) is 0.429. The lowest BCUT2D eigenvalue weighted by Crippen LogP contribution is -2.16. The zero-order valence-corrected chi connectivity index (χ0v) is 12.0. The van der Waals surface area contributed by atoms with Crippen LogP contribution in [0.25, 0.3) is 0 Å². The predicted molar refractivity (Wildman–Crippen MR) is 71.3 cm³/mol. The van der Waals surface area contributed by atoms with E-state index < -0.39 is 0 Å². The van der Waals surface area contributed by atoms with Gasteiger partial charge in [0.15, 0.2) is 6.21 Å². The van der Waals surface area contributed by atoms with Gasteiger partial charge < -0.3 is 5.10 Å². The summed E-state index contributed by atoms with van der Waals surface area (Å²) >= 11 is 4.24. The van der Waals surface area contributed by atoms with Crippen LogP contribution < -0.4 is 5.56 Å². The lowest BCUT2D eigenvalue weighted by molar-refractivity contribution is -0.458. The zero-order valence-electron chi connectivity index (χ0n) is 7.71. The highest BCUT2D eigenvalue weighted by Crippen LogP contribution is 1.89. The number of halogens is 2. The summed E-state index contributed by atoms with van der Waals surface area (Å²) < 4.78 is 3.28. The van der Waals surface area contributed by atoms with Gasteiger partial charge >= 0.3 is 0 Å². The Bertz CT molecular complexity index is 336. The molecule has 1 N–H and O–H groups in total. The van der Waals surface area contributed by atoms with Crippen molar-refractivity contribution < 1.29 is 4.58 Å². The van der Waals surface area contributed by atoms with Gasteiger partial charge in [-0.3, -0.25) is 9.48 Å². The van der Waals surface area contributed by atoms with Crippen LogP contribution in [0.15, 0.2) is 11.0 Å². The second kappa shape index (κ2) is 6.57. The molecule has 0 aromatic carbocycles. The maximum absolute atomic E-state index is 11.2. The molecule has 4 nitrogen and oxygen atoms in total. The second-order valence-corrected chi connectivity index (χ2v) is 2.69. The molecule has 0 atom stereocenters. The smallest absolute Gasteiger partial charge is 0.279 e. The molecule has 0 saturated carbocycles. The van der Waals surface area contributed by atoms with Crippen molar-refractivity contribution in [3.63, 3.8) is 0 Å². The van der Waals surface area contributed by atoms with Gasteiger partial charge in [0.2, 0.25) is 0 Å². The van der Waals surface area contributed by atoms with Crippen LogP contribution in [0.5, 0.6) is 0 Å². The van der Waals surface area contributed by atoms with E-state index in [1.54, 1.807) is 19.5 Å². The highest BCUT2D eigenvalue weighted by Gasteiger charge is 2.02. The molecule has 0 spiro atoms. The lowest BCUT2D eigenvalue weighted by Gasteiger charge is -1.82. The van der Waals surface area contributed by atoms with Gasteiger partial charge in [0.05, 0.1) is 0 Å². The molecule has 0 saturated heterocycles. The summed E-state index contributed by atoms with van der Waals surface area (Å²) in [7, 11) is 5.45. The van der Waals surface area contributed by atoms with Gasteiger partial charge in [-0.05, 0) is 0 Å². The molecule has 0 fully saturated rings. The molecule has 74 valence electrons. The van der Waals surface area contributed by atoms with Gasteiger partial charge in [-0.25, -0.2) is 4.58 Å². The summed E-state index contributed by atoms with van der Waals surface area (Å²) in [5.74, 6) is 0. The summed E-state index contributed by atoms with van der Waals surface area (Å²) in [5.41, 5.74) is 0.677. The lowest BCUT2D eigenvalue weighted by atomic mass is 10.4. The number of nitrogens with zero attached hydrogens (tertiary/aromatic N) is 2. The van der Waals surface area contributed by atoms with E-state index in [1.807, 2.05) is 18.7 Å². The van der Waals surface area contributed by atoms with Crippen molar-refractivity contribution >= 4 is 43.4 Å². The molecule has 0 radical (unpaired) electrons. The van der Waals surface area contributed by atoms with Crippen molar-refractivity contribution in [3.05, 3.63) is 22.1 Å². The average molecular weight is 408 g/mol. The molecule has 1 aromatic heterocycles. The third-order valence-electron chi connectivity index (χ3n) is 1.36. The van der Waals surface area contributed by atoms with Crippen LogP contribution in [0, 0.1) is 0 Å². The quantitative estimate of drug-likeness (QED) is 0.424. The monoisotopic (exact) mass is 408 g/mol. The largest absolute Gasteiger partial charge is 0.302 e. The van der Waals surface area contributed by atoms with E-state index in [2.05, 4.69) is 42.3 Å². The molecule has 0 aliphatic heterocycles. The third kappa shape index (κ3) is 4.25. The van der Waals surface area contributed by atoms with Crippen LogP contribution >= 0.6 is 37.2 Å². The van der Waals surface area contributed by atoms with Crippen molar-refractivity contribution in [1.82, 2.24) is 9.78 Å². The topological polar surface area (TPSA) is 40.8 Å². The second-order valence-electron chi connectivity index (χ2n) is 2.69. The Morgan fingerprint density at radius 2 is 2.08 bits per heavy atom. The highest BCUT2D eigenvalue weighted by molar-refractivity contribution is 15.0. The minimum atomic E-state index is -0.00120. The molecule has 0 unspecified atom stereocenters. The van der Waals surface area contributed by atoms with Gasteiger partial charge in [-0.2, -0.15) is 0 Å². The molecule has 0 aliphatic carbocycles. The Labute approximate surface area is 100 Å². The normalized spacial score (nSPS) is 8.69. The third-order valence-corrected chi connectivity index (χ3v) is 1.36. The first-order valence-electron chi connectivity index (χ1n) is 3.51. The van der Waals surface area contributed by atoms with Crippen molar-refractivity contribution in [2.24, 2.45) is 7.05 Å². The van der Waals surface area contributed by atoms with Gasteiger partial charge in [-0.15, -0.1) is 0 Å². The van der Waals surface area contributed by atoms with Crippen molar-refractivity contribution in [1.29, 1.82) is 0 Å². The fourth-order valence-electron chi connectivity index (χ4n) is 0.851. The number of aromatic nitrogens is 2. The van der Waals surface area contributed by atoms with Crippen LogP contribution in [0.2, 0.25) is 0 Å². The Balaban J connectivity index is 0.000000671. The maximum Gasteiger partial charge on any atom is 0.279 e. The van der Waals surface area contributed by atoms with Gasteiger partial charge in [0, 0.05) is 50.5 Å². The Morgan fingerprint density at radius 1 is 1.54 bits per heavy atom. The number of nitrogens with one attached hydrogen (secondary N) is 1. The molecule has 13 heavy (non-hydrogen) atoms. The van der Waals surface area contributed by atoms with Crippen LogP contribution in [0.4, 0.5) is 0 Å². The molecule has 6 heteroatoms. The Morgan fingerprint density at radius 3 is 2.38 bits per heavy atom. The highest BCUT2D eigenvalue weighted by atomic mass is 128. The minimum absolute atomic E-state index is 0.00120. The molecular weight excluding hydrogens is 396 g/mol. The SMILES string of the molecule is Cn1[nH]cc(C=[N+](C)C)c1=O.II. The van der Waals surface area contributed by atoms with Crippen molar-refractivity contribution in [2.45, 2.75) is 0 Å². The summed E-state index contributed by atoms with van der Waals surface area (Å²) in [6.45, 7) is 0. The van der Waals surface area contributed by atoms with Crippen molar-refractivity contribution in [2.75, 3.05) is 14.1 Å². The molecule has 1 aromatic rings. The predicted octanol–water partition coefficient (Wildman–Crippen LogP) is 1.18. The number of aromatic amines is 1. The number of rotatable bonds is 1. The number of hydrogen-bond donors (Lipinski definition) is 1. The van der Waals surface area contributed by atoms with E-state index in [9.17, 15) is 4.79 Å². The first-order chi connectivity index (χ1) is 6.11.